The Morgan fingerprint density at radius 2 is 1.80 bits per heavy atom. The van der Waals surface area contributed by atoms with Gasteiger partial charge in [0, 0.05) is 37.7 Å². The Balaban J connectivity index is 1.54. The van der Waals surface area contributed by atoms with Gasteiger partial charge in [-0.2, -0.15) is 0 Å². The minimum Gasteiger partial charge on any atom is -0.369 e. The second-order valence-electron chi connectivity index (χ2n) is 6.85. The summed E-state index contributed by atoms with van der Waals surface area (Å²) in [5.74, 6) is -0.425. The SMILES string of the molecule is Cc1ccc(N2C[C@H](NC(=O)N3CCC(C(N)=O)CC3)CC2=O)cc1. The summed E-state index contributed by atoms with van der Waals surface area (Å²) in [5.41, 5.74) is 7.31. The van der Waals surface area contributed by atoms with E-state index in [1.807, 2.05) is 31.2 Å². The van der Waals surface area contributed by atoms with Crippen LogP contribution in [0.25, 0.3) is 0 Å². The molecule has 2 saturated heterocycles. The van der Waals surface area contributed by atoms with Crippen LogP contribution in [-0.2, 0) is 9.59 Å². The smallest absolute Gasteiger partial charge is 0.317 e. The van der Waals surface area contributed by atoms with Crippen molar-refractivity contribution < 1.29 is 14.4 Å². The van der Waals surface area contributed by atoms with E-state index in [1.54, 1.807) is 9.80 Å². The summed E-state index contributed by atoms with van der Waals surface area (Å²) in [6.07, 6.45) is 1.50. The first-order chi connectivity index (χ1) is 11.9. The van der Waals surface area contributed by atoms with Gasteiger partial charge in [0.15, 0.2) is 0 Å². The van der Waals surface area contributed by atoms with Gasteiger partial charge in [0.05, 0.1) is 6.04 Å². The molecule has 7 nitrogen and oxygen atoms in total. The van der Waals surface area contributed by atoms with Crippen LogP contribution >= 0.6 is 0 Å². The number of nitrogens with two attached hydrogens (primary N) is 1. The van der Waals surface area contributed by atoms with Crippen molar-refractivity contribution in [3.05, 3.63) is 29.8 Å². The average Bonchev–Trinajstić information content (AvgIpc) is 2.96. The van der Waals surface area contributed by atoms with Crippen molar-refractivity contribution in [2.45, 2.75) is 32.2 Å². The lowest BCUT2D eigenvalue weighted by Gasteiger charge is -2.31. The number of aryl methyl sites for hydroxylation is 1. The molecule has 1 aromatic carbocycles. The standard InChI is InChI=1S/C18H24N4O3/c1-12-2-4-15(5-3-12)22-11-14(10-16(22)23)20-18(25)21-8-6-13(7-9-21)17(19)24/h2-5,13-14H,6-11H2,1H3,(H2,19,24)(H,20,25)/t14-/m1/s1. The number of nitrogens with zero attached hydrogens (tertiary/aromatic N) is 2. The molecule has 1 aromatic rings. The molecule has 134 valence electrons. The van der Waals surface area contributed by atoms with Crippen LogP contribution in [0.3, 0.4) is 0 Å². The number of benzene rings is 1. The molecule has 2 aliphatic rings. The van der Waals surface area contributed by atoms with E-state index in [4.69, 9.17) is 5.73 Å². The lowest BCUT2D eigenvalue weighted by atomic mass is 9.96. The van der Waals surface area contributed by atoms with Crippen molar-refractivity contribution in [1.29, 1.82) is 0 Å². The van der Waals surface area contributed by atoms with Gasteiger partial charge in [-0.15, -0.1) is 0 Å². The van der Waals surface area contributed by atoms with Crippen LogP contribution in [0.15, 0.2) is 24.3 Å². The van der Waals surface area contributed by atoms with E-state index < -0.39 is 0 Å². The van der Waals surface area contributed by atoms with Gasteiger partial charge in [-0.1, -0.05) is 17.7 Å². The largest absolute Gasteiger partial charge is 0.369 e. The van der Waals surface area contributed by atoms with Crippen molar-refractivity contribution in [2.24, 2.45) is 11.7 Å². The van der Waals surface area contributed by atoms with Crippen LogP contribution < -0.4 is 16.0 Å². The minimum atomic E-state index is -0.296. The molecular weight excluding hydrogens is 320 g/mol. The Labute approximate surface area is 147 Å². The number of primary amides is 1. The number of carbonyl (C=O) groups is 3. The second kappa shape index (κ2) is 7.13. The van der Waals surface area contributed by atoms with Crippen molar-refractivity contribution in [3.8, 4) is 0 Å². The highest BCUT2D eigenvalue weighted by Gasteiger charge is 2.33. The van der Waals surface area contributed by atoms with E-state index in [-0.39, 0.29) is 29.8 Å². The molecule has 2 fully saturated rings. The van der Waals surface area contributed by atoms with Crippen LogP contribution in [0, 0.1) is 12.8 Å². The number of anilines is 1. The number of urea groups is 1. The van der Waals surface area contributed by atoms with Crippen LogP contribution in [0.2, 0.25) is 0 Å². The van der Waals surface area contributed by atoms with Gasteiger partial charge in [0.2, 0.25) is 11.8 Å². The molecule has 0 spiro atoms. The molecule has 2 heterocycles. The number of hydrogen-bond donors (Lipinski definition) is 2. The summed E-state index contributed by atoms with van der Waals surface area (Å²) in [5, 5.41) is 2.94. The number of rotatable bonds is 3. The van der Waals surface area contributed by atoms with Gasteiger partial charge in [0.1, 0.15) is 0 Å². The molecule has 25 heavy (non-hydrogen) atoms. The number of carbonyl (C=O) groups excluding carboxylic acids is 3. The topological polar surface area (TPSA) is 95.7 Å². The van der Waals surface area contributed by atoms with Gasteiger partial charge >= 0.3 is 6.03 Å². The van der Waals surface area contributed by atoms with Crippen LogP contribution in [0.5, 0.6) is 0 Å². The van der Waals surface area contributed by atoms with Crippen LogP contribution in [0.4, 0.5) is 10.5 Å². The van der Waals surface area contributed by atoms with Gasteiger partial charge in [0.25, 0.3) is 0 Å². The van der Waals surface area contributed by atoms with Crippen molar-refractivity contribution in [1.82, 2.24) is 10.2 Å². The predicted octanol–water partition coefficient (Wildman–Crippen LogP) is 1.01. The first-order valence-corrected chi connectivity index (χ1v) is 8.66. The van der Waals surface area contributed by atoms with Gasteiger partial charge in [-0.05, 0) is 31.9 Å². The zero-order valence-electron chi connectivity index (χ0n) is 14.4. The Bertz CT molecular complexity index is 665. The number of piperidine rings is 1. The first-order valence-electron chi connectivity index (χ1n) is 8.66. The number of amides is 4. The molecule has 3 rings (SSSR count). The molecule has 0 radical (unpaired) electrons. The summed E-state index contributed by atoms with van der Waals surface area (Å²) in [6.45, 7) is 3.51. The molecule has 3 N–H and O–H groups in total. The van der Waals surface area contributed by atoms with Crippen LogP contribution in [0.1, 0.15) is 24.8 Å². The van der Waals surface area contributed by atoms with Gasteiger partial charge < -0.3 is 20.9 Å². The van der Waals surface area contributed by atoms with E-state index in [1.165, 1.54) is 0 Å². The highest BCUT2D eigenvalue weighted by molar-refractivity contribution is 5.96. The maximum atomic E-state index is 12.4. The Morgan fingerprint density at radius 1 is 1.16 bits per heavy atom. The fourth-order valence-corrected chi connectivity index (χ4v) is 3.41. The minimum absolute atomic E-state index is 0.0154. The average molecular weight is 344 g/mol. The Hall–Kier alpha value is -2.57. The third kappa shape index (κ3) is 3.92. The maximum absolute atomic E-state index is 12.4. The van der Waals surface area contributed by atoms with E-state index in [2.05, 4.69) is 5.32 Å². The quantitative estimate of drug-likeness (QED) is 0.856. The molecule has 0 bridgehead atoms. The lowest BCUT2D eigenvalue weighted by Crippen LogP contribution is -2.49. The summed E-state index contributed by atoms with van der Waals surface area (Å²) in [6, 6.07) is 7.41. The number of hydrogen-bond acceptors (Lipinski definition) is 3. The zero-order valence-corrected chi connectivity index (χ0v) is 14.4. The normalized spacial score (nSPS) is 21.5. The molecular formula is C18H24N4O3. The molecule has 0 aliphatic carbocycles. The Morgan fingerprint density at radius 3 is 2.40 bits per heavy atom. The molecule has 2 aliphatic heterocycles. The summed E-state index contributed by atoms with van der Waals surface area (Å²) >= 11 is 0. The fraction of sp³-hybridized carbons (Fsp3) is 0.500. The third-order valence-electron chi connectivity index (χ3n) is 4.98. The number of likely N-dealkylation sites (tertiary alicyclic amines) is 1. The second-order valence-corrected chi connectivity index (χ2v) is 6.85. The van der Waals surface area contributed by atoms with E-state index in [0.717, 1.165) is 11.3 Å². The van der Waals surface area contributed by atoms with E-state index >= 15 is 0 Å². The highest BCUT2D eigenvalue weighted by atomic mass is 16.2. The summed E-state index contributed by atoms with van der Waals surface area (Å²) in [7, 11) is 0. The Kier molecular flexibility index (Phi) is 4.92. The molecule has 0 saturated carbocycles. The monoisotopic (exact) mass is 344 g/mol. The van der Waals surface area contributed by atoms with Crippen molar-refractivity contribution >= 4 is 23.5 Å². The van der Waals surface area contributed by atoms with E-state index in [9.17, 15) is 14.4 Å². The zero-order chi connectivity index (χ0) is 18.0. The fourth-order valence-electron chi connectivity index (χ4n) is 3.41. The lowest BCUT2D eigenvalue weighted by molar-refractivity contribution is -0.123. The summed E-state index contributed by atoms with van der Waals surface area (Å²) in [4.78, 5) is 39.3. The predicted molar refractivity (Wildman–Crippen MR) is 94.0 cm³/mol. The highest BCUT2D eigenvalue weighted by Crippen LogP contribution is 2.22. The molecule has 1 atom stereocenters. The maximum Gasteiger partial charge on any atom is 0.317 e. The van der Waals surface area contributed by atoms with Gasteiger partial charge in [-0.25, -0.2) is 4.79 Å². The molecule has 4 amide bonds. The molecule has 7 heteroatoms. The molecule has 0 aromatic heterocycles. The van der Waals surface area contributed by atoms with Crippen LogP contribution in [-0.4, -0.2) is 48.4 Å². The molecule has 0 unspecified atom stereocenters. The number of nitrogens with one attached hydrogen (secondary N) is 1. The third-order valence-corrected chi connectivity index (χ3v) is 4.98. The van der Waals surface area contributed by atoms with E-state index in [0.29, 0.717) is 38.9 Å². The van der Waals surface area contributed by atoms with Crippen molar-refractivity contribution in [2.75, 3.05) is 24.5 Å². The summed E-state index contributed by atoms with van der Waals surface area (Å²) < 4.78 is 0. The van der Waals surface area contributed by atoms with Crippen molar-refractivity contribution in [3.63, 3.8) is 0 Å². The first kappa shape index (κ1) is 17.3. The van der Waals surface area contributed by atoms with Gasteiger partial charge in [-0.3, -0.25) is 9.59 Å².